The maximum Gasteiger partial charge on any atom is 1.00 e. The Hall–Kier alpha value is 0.620. The molecule has 0 amide bonds. The van der Waals surface area contributed by atoms with E-state index >= 15 is 0 Å². The van der Waals surface area contributed by atoms with Crippen LogP contribution in [0.2, 0.25) is 0 Å². The van der Waals surface area contributed by atoms with Crippen molar-refractivity contribution in [2.24, 2.45) is 5.92 Å². The molecular weight excluding hydrogens is 331 g/mol. The van der Waals surface area contributed by atoms with Crippen molar-refractivity contribution in [1.29, 1.82) is 0 Å². The van der Waals surface area contributed by atoms with E-state index in [9.17, 15) is 17.2 Å². The molecule has 6 nitrogen and oxygen atoms in total. The van der Waals surface area contributed by atoms with Crippen molar-refractivity contribution >= 4 is 32.3 Å². The molecule has 0 saturated heterocycles. The third-order valence-electron chi connectivity index (χ3n) is 3.24. The summed E-state index contributed by atoms with van der Waals surface area (Å²) >= 11 is -0.939. The normalized spacial score (nSPS) is 24.9. The molecular formula is C10H15N2NaO4S3. The Kier molecular flexibility index (Phi) is 7.24. The Labute approximate surface area is 147 Å². The Bertz CT molecular complexity index is 575. The molecule has 0 radical (unpaired) electrons. The van der Waals surface area contributed by atoms with Gasteiger partial charge in [0, 0.05) is 17.9 Å². The zero-order valence-corrected chi connectivity index (χ0v) is 15.9. The van der Waals surface area contributed by atoms with Gasteiger partial charge in [0.25, 0.3) is 0 Å². The predicted octanol–water partition coefficient (Wildman–Crippen LogP) is -2.07. The van der Waals surface area contributed by atoms with Crippen LogP contribution in [0.25, 0.3) is 0 Å². The van der Waals surface area contributed by atoms with Gasteiger partial charge in [-0.05, 0) is 25.2 Å². The summed E-state index contributed by atoms with van der Waals surface area (Å²) in [5, 5.41) is 7.94. The second-order valence-electron chi connectivity index (χ2n) is 4.85. The molecule has 1 aliphatic carbocycles. The molecule has 0 aromatic carbocycles. The van der Waals surface area contributed by atoms with Crippen LogP contribution in [0.15, 0.2) is 4.34 Å². The molecule has 1 aliphatic rings. The summed E-state index contributed by atoms with van der Waals surface area (Å²) in [6.07, 6.45) is 4.92. The largest absolute Gasteiger partial charge is 1.00 e. The number of aromatic nitrogens is 2. The molecule has 1 heterocycles. The maximum atomic E-state index is 11.3. The smallest absolute Gasteiger partial charge is 0.772 e. The van der Waals surface area contributed by atoms with Crippen LogP contribution in [0.3, 0.4) is 0 Å². The van der Waals surface area contributed by atoms with Crippen LogP contribution in [-0.2, 0) is 27.3 Å². The quantitative estimate of drug-likeness (QED) is 0.458. The molecule has 1 aromatic rings. The molecule has 1 aromatic heterocycles. The summed E-state index contributed by atoms with van der Waals surface area (Å²) < 4.78 is 44.6. The van der Waals surface area contributed by atoms with Crippen molar-refractivity contribution in [3.8, 4) is 0 Å². The van der Waals surface area contributed by atoms with Gasteiger partial charge >= 0.3 is 29.6 Å². The minimum absolute atomic E-state index is 0. The number of sulfone groups is 1. The summed E-state index contributed by atoms with van der Waals surface area (Å²) in [5.74, 6) is 0.247. The van der Waals surface area contributed by atoms with Gasteiger partial charge in [-0.25, -0.2) is 8.42 Å². The van der Waals surface area contributed by atoms with E-state index in [0.29, 0.717) is 17.8 Å². The molecule has 1 fully saturated rings. The SMILES string of the molecule is CS(=O)(=O)c1nnc(CC2CCCC(S(=O)[O-])C2)s1.[Na+]. The number of hydrogen-bond donors (Lipinski definition) is 0. The first-order valence-electron chi connectivity index (χ1n) is 5.96. The molecule has 10 heteroatoms. The molecule has 1 saturated carbocycles. The molecule has 2 rings (SSSR count). The maximum absolute atomic E-state index is 11.3. The topological polar surface area (TPSA) is 100 Å². The summed E-state index contributed by atoms with van der Waals surface area (Å²) in [7, 11) is -3.30. The average molecular weight is 346 g/mol. The van der Waals surface area contributed by atoms with Crippen molar-refractivity contribution in [1.82, 2.24) is 10.2 Å². The van der Waals surface area contributed by atoms with E-state index in [4.69, 9.17) is 0 Å². The third-order valence-corrected chi connectivity index (χ3v) is 6.82. The Morgan fingerprint density at radius 2 is 2.10 bits per heavy atom. The van der Waals surface area contributed by atoms with Crippen LogP contribution in [0.1, 0.15) is 30.7 Å². The first-order valence-corrected chi connectivity index (χ1v) is 9.81. The number of hydrogen-bond acceptors (Lipinski definition) is 7. The van der Waals surface area contributed by atoms with Crippen molar-refractivity contribution in [3.63, 3.8) is 0 Å². The molecule has 3 atom stereocenters. The second-order valence-corrected chi connectivity index (χ2v) is 9.29. The van der Waals surface area contributed by atoms with E-state index in [1.807, 2.05) is 0 Å². The van der Waals surface area contributed by atoms with E-state index in [1.54, 1.807) is 0 Å². The van der Waals surface area contributed by atoms with Gasteiger partial charge in [0.05, 0.1) is 0 Å². The van der Waals surface area contributed by atoms with Gasteiger partial charge in [-0.1, -0.05) is 28.8 Å². The van der Waals surface area contributed by atoms with Crippen LogP contribution in [0.4, 0.5) is 0 Å². The van der Waals surface area contributed by atoms with Crippen LogP contribution in [0, 0.1) is 5.92 Å². The standard InChI is InChI=1S/C10H16N2O4S3.Na/c1-19(15,16)10-12-11-9(17-10)6-7-3-2-4-8(5-7)18(13)14;/h7-8H,2-6H2,1H3,(H,13,14);/q;+1/p-1. The molecule has 20 heavy (non-hydrogen) atoms. The Balaban J connectivity index is 0.00000200. The van der Waals surface area contributed by atoms with Crippen LogP contribution >= 0.6 is 11.3 Å². The molecule has 0 aliphatic heterocycles. The fraction of sp³-hybridized carbons (Fsp3) is 0.800. The van der Waals surface area contributed by atoms with Crippen LogP contribution in [0.5, 0.6) is 0 Å². The summed E-state index contributed by atoms with van der Waals surface area (Å²) in [4.78, 5) is 0. The van der Waals surface area contributed by atoms with Crippen molar-refractivity contribution in [3.05, 3.63) is 5.01 Å². The molecule has 0 spiro atoms. The van der Waals surface area contributed by atoms with Gasteiger partial charge < -0.3 is 4.55 Å². The summed E-state index contributed by atoms with van der Waals surface area (Å²) in [6.45, 7) is 0. The second kappa shape index (κ2) is 7.75. The minimum atomic E-state index is -3.30. The Morgan fingerprint density at radius 3 is 2.65 bits per heavy atom. The van der Waals surface area contributed by atoms with E-state index in [1.165, 1.54) is 0 Å². The van der Waals surface area contributed by atoms with E-state index in [2.05, 4.69) is 10.2 Å². The molecule has 0 N–H and O–H groups in total. The van der Waals surface area contributed by atoms with Gasteiger partial charge in [0.1, 0.15) is 5.01 Å². The molecule has 3 unspecified atom stereocenters. The fourth-order valence-electron chi connectivity index (χ4n) is 2.32. The van der Waals surface area contributed by atoms with Gasteiger partial charge in [-0.2, -0.15) is 0 Å². The minimum Gasteiger partial charge on any atom is -0.772 e. The van der Waals surface area contributed by atoms with E-state index in [0.717, 1.165) is 36.9 Å². The fourth-order valence-corrected chi connectivity index (χ4v) is 4.87. The van der Waals surface area contributed by atoms with E-state index in [-0.39, 0.29) is 45.1 Å². The Morgan fingerprint density at radius 1 is 1.40 bits per heavy atom. The summed E-state index contributed by atoms with van der Waals surface area (Å²) in [5.41, 5.74) is 0. The first kappa shape index (κ1) is 18.7. The molecule has 108 valence electrons. The molecule has 0 bridgehead atoms. The number of nitrogens with zero attached hydrogens (tertiary/aromatic N) is 2. The van der Waals surface area contributed by atoms with Gasteiger partial charge in [-0.15, -0.1) is 10.2 Å². The van der Waals surface area contributed by atoms with Gasteiger partial charge in [0.2, 0.25) is 14.2 Å². The number of rotatable bonds is 4. The van der Waals surface area contributed by atoms with Crippen molar-refractivity contribution in [2.75, 3.05) is 6.26 Å². The zero-order valence-electron chi connectivity index (χ0n) is 11.4. The zero-order chi connectivity index (χ0) is 14.0. The third kappa shape index (κ3) is 5.11. The first-order chi connectivity index (χ1) is 8.86. The van der Waals surface area contributed by atoms with Crippen molar-refractivity contribution in [2.45, 2.75) is 41.7 Å². The predicted molar refractivity (Wildman–Crippen MR) is 71.4 cm³/mol. The van der Waals surface area contributed by atoms with Crippen LogP contribution in [-0.4, -0.2) is 38.9 Å². The van der Waals surface area contributed by atoms with Gasteiger partial charge in [-0.3, -0.25) is 4.21 Å². The van der Waals surface area contributed by atoms with Crippen LogP contribution < -0.4 is 29.6 Å². The van der Waals surface area contributed by atoms with E-state index < -0.39 is 20.9 Å². The monoisotopic (exact) mass is 346 g/mol. The van der Waals surface area contributed by atoms with Gasteiger partial charge in [0.15, 0.2) is 0 Å². The average Bonchev–Trinajstić information content (AvgIpc) is 2.77. The summed E-state index contributed by atoms with van der Waals surface area (Å²) in [6, 6.07) is 0. The van der Waals surface area contributed by atoms with Crippen molar-refractivity contribution < 1.29 is 46.7 Å².